The standard InChI is InChI=1S/C14H26N2O2/c1-18-11-10-16(13-6-7-13)14(17)8-5-12-4-2-3-9-15-12/h12-13,15H,2-11H2,1H3. The van der Waals surface area contributed by atoms with Crippen molar-refractivity contribution in [1.82, 2.24) is 10.2 Å². The van der Waals surface area contributed by atoms with E-state index in [1.165, 1.54) is 32.1 Å². The molecule has 1 aliphatic heterocycles. The highest BCUT2D eigenvalue weighted by Crippen LogP contribution is 2.27. The zero-order chi connectivity index (χ0) is 12.8. The first-order valence-electron chi connectivity index (χ1n) is 7.33. The van der Waals surface area contributed by atoms with Crippen molar-refractivity contribution in [2.24, 2.45) is 0 Å². The van der Waals surface area contributed by atoms with Crippen LogP contribution in [0.25, 0.3) is 0 Å². The van der Waals surface area contributed by atoms with Gasteiger partial charge in [-0.25, -0.2) is 0 Å². The average molecular weight is 254 g/mol. The van der Waals surface area contributed by atoms with Crippen molar-refractivity contribution in [2.45, 2.75) is 57.0 Å². The Balaban J connectivity index is 1.70. The van der Waals surface area contributed by atoms with Crippen molar-refractivity contribution >= 4 is 5.91 Å². The number of hydrogen-bond donors (Lipinski definition) is 1. The molecular weight excluding hydrogens is 228 g/mol. The summed E-state index contributed by atoms with van der Waals surface area (Å²) in [7, 11) is 1.70. The van der Waals surface area contributed by atoms with E-state index >= 15 is 0 Å². The molecule has 1 saturated carbocycles. The van der Waals surface area contributed by atoms with Crippen molar-refractivity contribution in [1.29, 1.82) is 0 Å². The van der Waals surface area contributed by atoms with Gasteiger partial charge in [-0.1, -0.05) is 6.42 Å². The molecule has 4 heteroatoms. The summed E-state index contributed by atoms with van der Waals surface area (Å²) in [6.07, 6.45) is 7.87. The Morgan fingerprint density at radius 3 is 2.78 bits per heavy atom. The molecule has 2 rings (SSSR count). The van der Waals surface area contributed by atoms with E-state index in [2.05, 4.69) is 5.32 Å². The van der Waals surface area contributed by atoms with Crippen molar-refractivity contribution in [2.75, 3.05) is 26.8 Å². The largest absolute Gasteiger partial charge is 0.383 e. The number of rotatable bonds is 7. The van der Waals surface area contributed by atoms with Crippen molar-refractivity contribution in [3.63, 3.8) is 0 Å². The molecule has 2 fully saturated rings. The van der Waals surface area contributed by atoms with E-state index in [4.69, 9.17) is 4.74 Å². The Bertz CT molecular complexity index is 261. The molecule has 0 spiro atoms. The van der Waals surface area contributed by atoms with Crippen LogP contribution in [0.15, 0.2) is 0 Å². The van der Waals surface area contributed by atoms with Crippen LogP contribution in [0.2, 0.25) is 0 Å². The molecule has 0 bridgehead atoms. The summed E-state index contributed by atoms with van der Waals surface area (Å²) in [6.45, 7) is 2.54. The van der Waals surface area contributed by atoms with Gasteiger partial charge in [0.15, 0.2) is 0 Å². The smallest absolute Gasteiger partial charge is 0.222 e. The molecule has 1 atom stereocenters. The lowest BCUT2D eigenvalue weighted by Crippen LogP contribution is -2.38. The zero-order valence-corrected chi connectivity index (χ0v) is 11.5. The number of hydrogen-bond acceptors (Lipinski definition) is 3. The predicted molar refractivity (Wildman–Crippen MR) is 71.5 cm³/mol. The van der Waals surface area contributed by atoms with Crippen LogP contribution in [0.3, 0.4) is 0 Å². The highest BCUT2D eigenvalue weighted by atomic mass is 16.5. The summed E-state index contributed by atoms with van der Waals surface area (Å²) in [4.78, 5) is 14.2. The lowest BCUT2D eigenvalue weighted by molar-refractivity contribution is -0.132. The molecule has 0 aromatic heterocycles. The van der Waals surface area contributed by atoms with Gasteiger partial charge in [-0.2, -0.15) is 0 Å². The topological polar surface area (TPSA) is 41.6 Å². The number of piperidine rings is 1. The quantitative estimate of drug-likeness (QED) is 0.749. The van der Waals surface area contributed by atoms with Crippen LogP contribution < -0.4 is 5.32 Å². The molecule has 1 amide bonds. The Kier molecular flexibility index (Phi) is 5.45. The molecule has 1 aliphatic carbocycles. The van der Waals surface area contributed by atoms with Gasteiger partial charge in [0.2, 0.25) is 5.91 Å². The summed E-state index contributed by atoms with van der Waals surface area (Å²) in [5.41, 5.74) is 0. The van der Waals surface area contributed by atoms with Crippen LogP contribution in [0, 0.1) is 0 Å². The fraction of sp³-hybridized carbons (Fsp3) is 0.929. The second kappa shape index (κ2) is 7.10. The van der Waals surface area contributed by atoms with Crippen LogP contribution in [-0.2, 0) is 9.53 Å². The number of ether oxygens (including phenoxy) is 1. The second-order valence-electron chi connectivity index (χ2n) is 5.50. The van der Waals surface area contributed by atoms with Gasteiger partial charge in [0, 0.05) is 32.2 Å². The third-order valence-electron chi connectivity index (χ3n) is 3.96. The normalized spacial score (nSPS) is 23.9. The third kappa shape index (κ3) is 4.25. The lowest BCUT2D eigenvalue weighted by Gasteiger charge is -2.26. The average Bonchev–Trinajstić information content (AvgIpc) is 3.22. The zero-order valence-electron chi connectivity index (χ0n) is 11.5. The van der Waals surface area contributed by atoms with Gasteiger partial charge in [0.1, 0.15) is 0 Å². The van der Waals surface area contributed by atoms with Gasteiger partial charge in [0.25, 0.3) is 0 Å². The molecule has 1 N–H and O–H groups in total. The number of nitrogens with one attached hydrogen (secondary N) is 1. The van der Waals surface area contributed by atoms with E-state index < -0.39 is 0 Å². The molecule has 1 unspecified atom stereocenters. The molecule has 0 aromatic carbocycles. The highest BCUT2D eigenvalue weighted by Gasteiger charge is 2.32. The van der Waals surface area contributed by atoms with E-state index in [0.29, 0.717) is 31.0 Å². The van der Waals surface area contributed by atoms with E-state index in [0.717, 1.165) is 19.5 Å². The number of amides is 1. The van der Waals surface area contributed by atoms with Gasteiger partial charge in [0.05, 0.1) is 6.61 Å². The molecule has 1 heterocycles. The van der Waals surface area contributed by atoms with Crippen LogP contribution in [0.5, 0.6) is 0 Å². The molecule has 2 aliphatic rings. The van der Waals surface area contributed by atoms with Crippen LogP contribution in [0.1, 0.15) is 44.9 Å². The first-order valence-corrected chi connectivity index (χ1v) is 7.33. The van der Waals surface area contributed by atoms with Gasteiger partial charge in [-0.05, 0) is 38.6 Å². The molecule has 18 heavy (non-hydrogen) atoms. The summed E-state index contributed by atoms with van der Waals surface area (Å²) in [6, 6.07) is 1.07. The molecular formula is C14H26N2O2. The minimum atomic E-state index is 0.321. The highest BCUT2D eigenvalue weighted by molar-refractivity contribution is 5.76. The van der Waals surface area contributed by atoms with Crippen LogP contribution in [0.4, 0.5) is 0 Å². The maximum absolute atomic E-state index is 12.2. The number of carbonyl (C=O) groups is 1. The predicted octanol–water partition coefficient (Wildman–Crippen LogP) is 1.55. The minimum absolute atomic E-state index is 0.321. The SMILES string of the molecule is COCCN(C(=O)CCC1CCCCN1)C1CC1. The fourth-order valence-electron chi connectivity index (χ4n) is 2.70. The maximum Gasteiger partial charge on any atom is 0.222 e. The van der Waals surface area contributed by atoms with Gasteiger partial charge in [-0.15, -0.1) is 0 Å². The summed E-state index contributed by atoms with van der Waals surface area (Å²) >= 11 is 0. The monoisotopic (exact) mass is 254 g/mol. The van der Waals surface area contributed by atoms with E-state index in [1.807, 2.05) is 4.90 Å². The summed E-state index contributed by atoms with van der Waals surface area (Å²) < 4.78 is 5.09. The van der Waals surface area contributed by atoms with Crippen LogP contribution >= 0.6 is 0 Å². The maximum atomic E-state index is 12.2. The van der Waals surface area contributed by atoms with Crippen LogP contribution in [-0.4, -0.2) is 49.7 Å². The number of nitrogens with zero attached hydrogens (tertiary/aromatic N) is 1. The molecule has 104 valence electrons. The first kappa shape index (κ1) is 13.8. The van der Waals surface area contributed by atoms with Crippen molar-refractivity contribution in [3.05, 3.63) is 0 Å². The number of methoxy groups -OCH3 is 1. The first-order chi connectivity index (χ1) is 8.81. The Morgan fingerprint density at radius 2 is 2.17 bits per heavy atom. The van der Waals surface area contributed by atoms with Gasteiger partial charge in [-0.3, -0.25) is 4.79 Å². The molecule has 0 aromatic rings. The van der Waals surface area contributed by atoms with E-state index in [-0.39, 0.29) is 0 Å². The molecule has 0 radical (unpaired) electrons. The van der Waals surface area contributed by atoms with Crippen molar-refractivity contribution < 1.29 is 9.53 Å². The molecule has 4 nitrogen and oxygen atoms in total. The number of carbonyl (C=O) groups excluding carboxylic acids is 1. The lowest BCUT2D eigenvalue weighted by atomic mass is 10.0. The summed E-state index contributed by atoms with van der Waals surface area (Å²) in [5.74, 6) is 0.321. The third-order valence-corrected chi connectivity index (χ3v) is 3.96. The fourth-order valence-corrected chi connectivity index (χ4v) is 2.70. The molecule has 1 saturated heterocycles. The Hall–Kier alpha value is -0.610. The van der Waals surface area contributed by atoms with E-state index in [9.17, 15) is 4.79 Å². The minimum Gasteiger partial charge on any atom is -0.383 e. The van der Waals surface area contributed by atoms with Crippen molar-refractivity contribution in [3.8, 4) is 0 Å². The Labute approximate surface area is 110 Å². The Morgan fingerprint density at radius 1 is 1.33 bits per heavy atom. The second-order valence-corrected chi connectivity index (χ2v) is 5.50. The van der Waals surface area contributed by atoms with Gasteiger partial charge >= 0.3 is 0 Å². The van der Waals surface area contributed by atoms with Gasteiger partial charge < -0.3 is 15.0 Å². The van der Waals surface area contributed by atoms with E-state index in [1.54, 1.807) is 7.11 Å². The summed E-state index contributed by atoms with van der Waals surface area (Å²) in [5, 5.41) is 3.51.